The predicted molar refractivity (Wildman–Crippen MR) is 119 cm³/mol. The van der Waals surface area contributed by atoms with Crippen LogP contribution in [0.25, 0.3) is 0 Å². The maximum absolute atomic E-state index is 6.42. The van der Waals surface area contributed by atoms with Gasteiger partial charge in [0.2, 0.25) is 6.23 Å². The van der Waals surface area contributed by atoms with Gasteiger partial charge < -0.3 is 14.2 Å². The van der Waals surface area contributed by atoms with Crippen LogP contribution in [0.2, 0.25) is 0 Å². The van der Waals surface area contributed by atoms with E-state index in [1.807, 2.05) is 42.5 Å². The third-order valence-electron chi connectivity index (χ3n) is 5.57. The van der Waals surface area contributed by atoms with Gasteiger partial charge in [0.1, 0.15) is 5.75 Å². The van der Waals surface area contributed by atoms with Gasteiger partial charge in [-0.05, 0) is 42.0 Å². The van der Waals surface area contributed by atoms with Crippen molar-refractivity contribution in [3.63, 3.8) is 0 Å². The molecule has 0 fully saturated rings. The van der Waals surface area contributed by atoms with Crippen LogP contribution < -0.4 is 14.2 Å². The van der Waals surface area contributed by atoms with E-state index in [-0.39, 0.29) is 12.3 Å². The van der Waals surface area contributed by atoms with E-state index in [9.17, 15) is 0 Å². The number of hydrazone groups is 1. The molecular weight excluding hydrogens is 444 g/mol. The van der Waals surface area contributed by atoms with Crippen molar-refractivity contribution < 1.29 is 14.2 Å². The highest BCUT2D eigenvalue weighted by Gasteiger charge is 2.41. The molecule has 30 heavy (non-hydrogen) atoms. The smallest absolute Gasteiger partial charge is 0.214 e. The van der Waals surface area contributed by atoms with Crippen LogP contribution in [0.4, 0.5) is 0 Å². The third-order valence-corrected chi connectivity index (χ3v) is 6.10. The van der Waals surface area contributed by atoms with Crippen molar-refractivity contribution in [3.05, 3.63) is 87.9 Å². The van der Waals surface area contributed by atoms with Crippen molar-refractivity contribution in [3.8, 4) is 17.2 Å². The minimum Gasteiger partial charge on any atom is -0.493 e. The van der Waals surface area contributed by atoms with Crippen molar-refractivity contribution in [2.75, 3.05) is 14.2 Å². The normalized spacial score (nSPS) is 19.4. The largest absolute Gasteiger partial charge is 0.493 e. The van der Waals surface area contributed by atoms with E-state index in [0.29, 0.717) is 11.5 Å². The molecule has 2 unspecified atom stereocenters. The van der Waals surface area contributed by atoms with E-state index in [1.165, 1.54) is 0 Å². The summed E-state index contributed by atoms with van der Waals surface area (Å²) in [5.74, 6) is 2.26. The van der Waals surface area contributed by atoms with Gasteiger partial charge in [-0.2, -0.15) is 5.10 Å². The summed E-state index contributed by atoms with van der Waals surface area (Å²) >= 11 is 3.51. The molecule has 2 aliphatic rings. The lowest BCUT2D eigenvalue weighted by Crippen LogP contribution is -2.33. The maximum atomic E-state index is 6.42. The molecule has 0 saturated heterocycles. The van der Waals surface area contributed by atoms with E-state index >= 15 is 0 Å². The number of hydrogen-bond acceptors (Lipinski definition) is 5. The molecule has 5 nitrogen and oxygen atoms in total. The van der Waals surface area contributed by atoms with Crippen LogP contribution in [0.5, 0.6) is 17.2 Å². The summed E-state index contributed by atoms with van der Waals surface area (Å²) in [5.41, 5.74) is 4.30. The molecule has 2 atom stereocenters. The zero-order chi connectivity index (χ0) is 20.7. The van der Waals surface area contributed by atoms with Crippen molar-refractivity contribution in [2.45, 2.75) is 18.7 Å². The molecule has 0 aliphatic carbocycles. The lowest BCUT2D eigenvalue weighted by atomic mass is 9.96. The number of hydrogen-bond donors (Lipinski definition) is 0. The first-order valence-electron chi connectivity index (χ1n) is 9.77. The third kappa shape index (κ3) is 3.21. The van der Waals surface area contributed by atoms with Gasteiger partial charge in [-0.15, -0.1) is 0 Å². The molecule has 0 N–H and O–H groups in total. The molecular formula is C24H21BrN2O3. The van der Waals surface area contributed by atoms with Crippen molar-refractivity contribution in [1.29, 1.82) is 0 Å². The Hall–Kier alpha value is -2.99. The van der Waals surface area contributed by atoms with Gasteiger partial charge in [0, 0.05) is 22.0 Å². The number of benzene rings is 3. The predicted octanol–water partition coefficient (Wildman–Crippen LogP) is 5.71. The molecule has 0 spiro atoms. The lowest BCUT2D eigenvalue weighted by molar-refractivity contribution is -0.0191. The number of methoxy groups -OCH3 is 2. The monoisotopic (exact) mass is 464 g/mol. The van der Waals surface area contributed by atoms with E-state index < -0.39 is 0 Å². The molecule has 3 aromatic rings. The number of halogens is 1. The molecule has 0 saturated carbocycles. The van der Waals surface area contributed by atoms with Crippen LogP contribution in [0.1, 0.15) is 35.4 Å². The minimum absolute atomic E-state index is 0.117. The maximum Gasteiger partial charge on any atom is 0.214 e. The number of rotatable bonds is 4. The molecule has 6 heteroatoms. The summed E-state index contributed by atoms with van der Waals surface area (Å²) < 4.78 is 18.4. The fourth-order valence-electron chi connectivity index (χ4n) is 4.08. The van der Waals surface area contributed by atoms with Gasteiger partial charge in [-0.25, -0.2) is 5.01 Å². The van der Waals surface area contributed by atoms with Crippen LogP contribution >= 0.6 is 15.9 Å². The lowest BCUT2D eigenvalue weighted by Gasteiger charge is -2.38. The Morgan fingerprint density at radius 3 is 2.50 bits per heavy atom. The van der Waals surface area contributed by atoms with Gasteiger partial charge in [0.15, 0.2) is 11.5 Å². The summed E-state index contributed by atoms with van der Waals surface area (Å²) in [6.07, 6.45) is 0.476. The van der Waals surface area contributed by atoms with Crippen molar-refractivity contribution >= 4 is 21.6 Å². The van der Waals surface area contributed by atoms with Gasteiger partial charge in [-0.1, -0.05) is 46.3 Å². The molecule has 152 valence electrons. The first-order valence-corrected chi connectivity index (χ1v) is 10.6. The van der Waals surface area contributed by atoms with Gasteiger partial charge in [-0.3, -0.25) is 0 Å². The van der Waals surface area contributed by atoms with Crippen LogP contribution in [0.15, 0.2) is 76.3 Å². The molecule has 0 bridgehead atoms. The van der Waals surface area contributed by atoms with Crippen molar-refractivity contribution in [2.24, 2.45) is 5.10 Å². The zero-order valence-corrected chi connectivity index (χ0v) is 18.3. The Morgan fingerprint density at radius 1 is 0.967 bits per heavy atom. The second kappa shape index (κ2) is 7.69. The van der Waals surface area contributed by atoms with Gasteiger partial charge in [0.25, 0.3) is 0 Å². The summed E-state index contributed by atoms with van der Waals surface area (Å²) in [5, 5.41) is 7.07. The molecule has 0 aromatic heterocycles. The van der Waals surface area contributed by atoms with E-state index in [2.05, 4.69) is 45.2 Å². The highest BCUT2D eigenvalue weighted by Crippen LogP contribution is 2.48. The highest BCUT2D eigenvalue weighted by atomic mass is 79.9. The van der Waals surface area contributed by atoms with Crippen LogP contribution in [0.3, 0.4) is 0 Å². The first-order chi connectivity index (χ1) is 14.7. The zero-order valence-electron chi connectivity index (χ0n) is 16.7. The fraction of sp³-hybridized carbons (Fsp3) is 0.208. The molecule has 0 amide bonds. The summed E-state index contributed by atoms with van der Waals surface area (Å²) in [6, 6.07) is 22.5. The summed E-state index contributed by atoms with van der Waals surface area (Å²) in [7, 11) is 3.28. The van der Waals surface area contributed by atoms with Gasteiger partial charge in [0.05, 0.1) is 26.0 Å². The number of nitrogens with zero attached hydrogens (tertiary/aromatic N) is 2. The summed E-state index contributed by atoms with van der Waals surface area (Å²) in [4.78, 5) is 0. The van der Waals surface area contributed by atoms with E-state index in [4.69, 9.17) is 19.3 Å². The first kappa shape index (κ1) is 19.0. The SMILES string of the molecule is COc1ccc(C2Oc3ccccc3C3CC(c4ccc(Br)cc4)=NN32)cc1OC. The Bertz CT molecular complexity index is 1110. The van der Waals surface area contributed by atoms with E-state index in [1.54, 1.807) is 14.2 Å². The second-order valence-corrected chi connectivity index (χ2v) is 8.19. The molecule has 2 heterocycles. The van der Waals surface area contributed by atoms with Crippen molar-refractivity contribution in [1.82, 2.24) is 5.01 Å². The average Bonchev–Trinajstić information content (AvgIpc) is 3.24. The average molecular weight is 465 g/mol. The second-order valence-electron chi connectivity index (χ2n) is 7.28. The Kier molecular flexibility index (Phi) is 4.87. The van der Waals surface area contributed by atoms with Gasteiger partial charge >= 0.3 is 0 Å². The Balaban J connectivity index is 1.58. The number of ether oxygens (including phenoxy) is 3. The quantitative estimate of drug-likeness (QED) is 0.495. The fourth-order valence-corrected chi connectivity index (χ4v) is 4.34. The summed E-state index contributed by atoms with van der Waals surface area (Å²) in [6.45, 7) is 0. The molecule has 0 radical (unpaired) electrons. The molecule has 2 aliphatic heterocycles. The topological polar surface area (TPSA) is 43.3 Å². The minimum atomic E-state index is -0.349. The Labute approximate surface area is 184 Å². The standard InChI is InChI=1S/C24H21BrN2O3/c1-28-22-12-9-16(13-23(22)29-2)24-27-20(18-5-3-4-6-21(18)30-24)14-19(26-27)15-7-10-17(25)11-8-15/h3-13,20,24H,14H2,1-2H3. The number of para-hydroxylation sites is 1. The van der Waals surface area contributed by atoms with Crippen LogP contribution in [-0.2, 0) is 0 Å². The number of fused-ring (bicyclic) bond motifs is 3. The van der Waals surface area contributed by atoms with Crippen LogP contribution in [0, 0.1) is 0 Å². The molecule has 5 rings (SSSR count). The Morgan fingerprint density at radius 2 is 1.73 bits per heavy atom. The van der Waals surface area contributed by atoms with Crippen LogP contribution in [-0.4, -0.2) is 24.9 Å². The highest BCUT2D eigenvalue weighted by molar-refractivity contribution is 9.10. The van der Waals surface area contributed by atoms with E-state index in [0.717, 1.165) is 39.0 Å². The molecule has 3 aromatic carbocycles.